The van der Waals surface area contributed by atoms with E-state index in [0.717, 1.165) is 5.57 Å². The van der Waals surface area contributed by atoms with Gasteiger partial charge in [-0.15, -0.1) is 0 Å². The van der Waals surface area contributed by atoms with Crippen molar-refractivity contribution in [1.29, 1.82) is 0 Å². The van der Waals surface area contributed by atoms with Crippen molar-refractivity contribution in [3.05, 3.63) is 76.8 Å². The van der Waals surface area contributed by atoms with Gasteiger partial charge in [-0.25, -0.2) is 9.68 Å². The number of carbonyl (C=O) groups is 2. The average molecular weight is 400 g/mol. The van der Waals surface area contributed by atoms with Crippen LogP contribution in [0.1, 0.15) is 30.6 Å². The van der Waals surface area contributed by atoms with Gasteiger partial charge in [-0.2, -0.15) is 0 Å². The minimum atomic E-state index is -0.843. The van der Waals surface area contributed by atoms with Crippen molar-refractivity contribution in [1.82, 2.24) is 4.90 Å². The Labute approximate surface area is 169 Å². The average Bonchev–Trinajstić information content (AvgIpc) is 2.73. The largest absolute Gasteiger partial charge is 0.364 e. The molecule has 1 aliphatic rings. The molecule has 1 heterocycles. The van der Waals surface area contributed by atoms with Crippen molar-refractivity contribution in [3.63, 3.8) is 0 Å². The van der Waals surface area contributed by atoms with Crippen LogP contribution in [0.2, 0.25) is 5.02 Å². The fraction of sp³-hybridized carbons (Fsp3) is 0.273. The summed E-state index contributed by atoms with van der Waals surface area (Å²) in [6.07, 6.45) is 2.51. The SMILES string of the molecule is CC(C)(C(=O)OOc1ccccc1)C1=CCN(C(=O)c2ccc(Cl)cc2)CC1. The first kappa shape index (κ1) is 20.0. The van der Waals surface area contributed by atoms with Gasteiger partial charge in [-0.3, -0.25) is 9.68 Å². The molecule has 0 radical (unpaired) electrons. The van der Waals surface area contributed by atoms with E-state index in [1.807, 2.05) is 12.1 Å². The fourth-order valence-electron chi connectivity index (χ4n) is 2.99. The molecule has 0 atom stereocenters. The highest BCUT2D eigenvalue weighted by Gasteiger charge is 2.36. The summed E-state index contributed by atoms with van der Waals surface area (Å²) in [5.41, 5.74) is 0.676. The maximum absolute atomic E-state index is 12.6. The number of halogens is 1. The molecule has 2 aromatic carbocycles. The lowest BCUT2D eigenvalue weighted by Crippen LogP contribution is -2.39. The molecule has 1 aliphatic heterocycles. The topological polar surface area (TPSA) is 55.8 Å². The van der Waals surface area contributed by atoms with Crippen LogP contribution in [0.25, 0.3) is 0 Å². The second kappa shape index (κ2) is 8.48. The van der Waals surface area contributed by atoms with Crippen molar-refractivity contribution < 1.29 is 19.4 Å². The molecule has 3 rings (SSSR count). The summed E-state index contributed by atoms with van der Waals surface area (Å²) in [4.78, 5) is 37.0. The standard InChI is InChI=1S/C22H22ClNO4/c1-22(2,21(26)28-27-19-6-4-3-5-7-19)17-12-14-24(15-13-17)20(25)16-8-10-18(23)11-9-16/h3-12H,13-15H2,1-2H3. The predicted molar refractivity (Wildman–Crippen MR) is 107 cm³/mol. The van der Waals surface area contributed by atoms with Gasteiger partial charge in [0.15, 0.2) is 5.75 Å². The Balaban J connectivity index is 1.61. The van der Waals surface area contributed by atoms with Crippen LogP contribution in [0, 0.1) is 5.41 Å². The third-order valence-electron chi connectivity index (χ3n) is 4.86. The lowest BCUT2D eigenvalue weighted by molar-refractivity contribution is -0.222. The first-order chi connectivity index (χ1) is 13.4. The summed E-state index contributed by atoms with van der Waals surface area (Å²) in [6.45, 7) is 4.56. The van der Waals surface area contributed by atoms with Crippen molar-refractivity contribution in [2.75, 3.05) is 13.1 Å². The first-order valence-corrected chi connectivity index (χ1v) is 9.44. The van der Waals surface area contributed by atoms with Crippen LogP contribution in [-0.4, -0.2) is 29.9 Å². The van der Waals surface area contributed by atoms with Crippen LogP contribution in [0.3, 0.4) is 0 Å². The van der Waals surface area contributed by atoms with Gasteiger partial charge in [0, 0.05) is 23.7 Å². The van der Waals surface area contributed by atoms with E-state index in [-0.39, 0.29) is 5.91 Å². The van der Waals surface area contributed by atoms with Crippen LogP contribution >= 0.6 is 11.6 Å². The Morgan fingerprint density at radius 3 is 2.32 bits per heavy atom. The number of hydrogen-bond acceptors (Lipinski definition) is 4. The zero-order valence-electron chi connectivity index (χ0n) is 15.9. The molecule has 0 fully saturated rings. The molecule has 0 unspecified atom stereocenters. The van der Waals surface area contributed by atoms with E-state index in [2.05, 4.69) is 0 Å². The molecule has 1 amide bonds. The highest BCUT2D eigenvalue weighted by atomic mass is 35.5. The fourth-order valence-corrected chi connectivity index (χ4v) is 3.12. The van der Waals surface area contributed by atoms with Gasteiger partial charge >= 0.3 is 5.97 Å². The number of hydrogen-bond donors (Lipinski definition) is 0. The highest BCUT2D eigenvalue weighted by molar-refractivity contribution is 6.30. The number of nitrogens with zero attached hydrogens (tertiary/aromatic N) is 1. The van der Waals surface area contributed by atoms with Gasteiger partial charge in [0.25, 0.3) is 5.91 Å². The molecule has 6 heteroatoms. The molecule has 0 saturated heterocycles. The van der Waals surface area contributed by atoms with E-state index in [9.17, 15) is 9.59 Å². The summed E-state index contributed by atoms with van der Waals surface area (Å²) in [6, 6.07) is 15.7. The molecule has 5 nitrogen and oxygen atoms in total. The lowest BCUT2D eigenvalue weighted by atomic mass is 9.81. The molecule has 0 N–H and O–H groups in total. The summed E-state index contributed by atoms with van der Waals surface area (Å²) >= 11 is 5.88. The van der Waals surface area contributed by atoms with Gasteiger partial charge in [-0.05, 0) is 56.7 Å². The first-order valence-electron chi connectivity index (χ1n) is 9.06. The second-order valence-corrected chi connectivity index (χ2v) is 7.57. The van der Waals surface area contributed by atoms with Crippen LogP contribution in [0.15, 0.2) is 66.2 Å². The minimum Gasteiger partial charge on any atom is -0.335 e. The highest BCUT2D eigenvalue weighted by Crippen LogP contribution is 2.33. The van der Waals surface area contributed by atoms with Gasteiger partial charge in [0.1, 0.15) is 0 Å². The quantitative estimate of drug-likeness (QED) is 0.416. The molecule has 0 saturated carbocycles. The maximum Gasteiger partial charge on any atom is 0.364 e. The minimum absolute atomic E-state index is 0.0558. The number of para-hydroxylation sites is 1. The Hall–Kier alpha value is -2.79. The van der Waals surface area contributed by atoms with Gasteiger partial charge in [-0.1, -0.05) is 41.4 Å². The molecule has 0 bridgehead atoms. The van der Waals surface area contributed by atoms with E-state index >= 15 is 0 Å². The molecular weight excluding hydrogens is 378 g/mol. The van der Waals surface area contributed by atoms with Crippen molar-refractivity contribution in [3.8, 4) is 5.75 Å². The van der Waals surface area contributed by atoms with Gasteiger partial charge in [0.2, 0.25) is 0 Å². The number of amides is 1. The Bertz CT molecular complexity index is 875. The summed E-state index contributed by atoms with van der Waals surface area (Å²) in [5, 5.41) is 0.593. The number of carbonyl (C=O) groups excluding carboxylic acids is 2. The molecule has 0 aliphatic carbocycles. The van der Waals surface area contributed by atoms with Gasteiger partial charge in [0.05, 0.1) is 5.41 Å². The monoisotopic (exact) mass is 399 g/mol. The summed E-state index contributed by atoms with van der Waals surface area (Å²) in [5.74, 6) is -0.0659. The normalized spacial score (nSPS) is 14.2. The number of rotatable bonds is 5. The molecule has 0 spiro atoms. The summed E-state index contributed by atoms with van der Waals surface area (Å²) in [7, 11) is 0. The zero-order chi connectivity index (χ0) is 20.1. The van der Waals surface area contributed by atoms with E-state index < -0.39 is 11.4 Å². The summed E-state index contributed by atoms with van der Waals surface area (Å²) < 4.78 is 0. The molecule has 2 aromatic rings. The van der Waals surface area contributed by atoms with Crippen LogP contribution in [-0.2, 0) is 9.68 Å². The maximum atomic E-state index is 12.6. The van der Waals surface area contributed by atoms with E-state index in [0.29, 0.717) is 35.8 Å². The third-order valence-corrected chi connectivity index (χ3v) is 5.11. The van der Waals surface area contributed by atoms with Crippen LogP contribution < -0.4 is 4.89 Å². The Morgan fingerprint density at radius 2 is 1.71 bits per heavy atom. The molecule has 146 valence electrons. The van der Waals surface area contributed by atoms with E-state index in [4.69, 9.17) is 21.4 Å². The Morgan fingerprint density at radius 1 is 1.04 bits per heavy atom. The second-order valence-electron chi connectivity index (χ2n) is 7.13. The van der Waals surface area contributed by atoms with Gasteiger partial charge < -0.3 is 4.90 Å². The zero-order valence-corrected chi connectivity index (χ0v) is 16.6. The van der Waals surface area contributed by atoms with E-state index in [1.54, 1.807) is 67.3 Å². The van der Waals surface area contributed by atoms with Crippen molar-refractivity contribution in [2.24, 2.45) is 5.41 Å². The molecular formula is C22H22ClNO4. The lowest BCUT2D eigenvalue weighted by Gasteiger charge is -2.32. The molecule has 0 aromatic heterocycles. The van der Waals surface area contributed by atoms with Crippen molar-refractivity contribution >= 4 is 23.5 Å². The Kier molecular flexibility index (Phi) is 6.05. The third kappa shape index (κ3) is 4.54. The number of benzene rings is 2. The van der Waals surface area contributed by atoms with E-state index in [1.165, 1.54) is 0 Å². The van der Waals surface area contributed by atoms with Crippen LogP contribution in [0.4, 0.5) is 0 Å². The smallest absolute Gasteiger partial charge is 0.335 e. The molecule has 28 heavy (non-hydrogen) atoms. The van der Waals surface area contributed by atoms with Crippen molar-refractivity contribution in [2.45, 2.75) is 20.3 Å². The van der Waals surface area contributed by atoms with Crippen LogP contribution in [0.5, 0.6) is 5.75 Å². The predicted octanol–water partition coefficient (Wildman–Crippen LogP) is 4.68.